The van der Waals surface area contributed by atoms with Crippen molar-refractivity contribution < 1.29 is 17.9 Å². The van der Waals surface area contributed by atoms with Crippen LogP contribution in [0, 0.1) is 13.8 Å². The number of rotatable bonds is 9. The molecule has 0 fully saturated rings. The third-order valence-electron chi connectivity index (χ3n) is 5.79. The van der Waals surface area contributed by atoms with E-state index >= 15 is 0 Å². The number of amides is 1. The zero-order valence-corrected chi connectivity index (χ0v) is 22.1. The van der Waals surface area contributed by atoms with Crippen molar-refractivity contribution in [3.05, 3.63) is 119 Å². The molecule has 0 aromatic heterocycles. The molecule has 4 aromatic carbocycles. The van der Waals surface area contributed by atoms with Crippen LogP contribution in [-0.4, -0.2) is 20.9 Å². The Labute approximate surface area is 222 Å². The third-order valence-corrected chi connectivity index (χ3v) is 7.97. The third kappa shape index (κ3) is 6.50. The van der Waals surface area contributed by atoms with Gasteiger partial charge in [-0.3, -0.25) is 9.10 Å². The fourth-order valence-corrected chi connectivity index (χ4v) is 5.36. The van der Waals surface area contributed by atoms with Gasteiger partial charge in [0.05, 0.1) is 10.6 Å². The Morgan fingerprint density at radius 3 is 2.22 bits per heavy atom. The number of anilines is 2. The lowest BCUT2D eigenvalue weighted by molar-refractivity contribution is -0.114. The Bertz CT molecular complexity index is 1470. The number of benzene rings is 4. The highest BCUT2D eigenvalue weighted by Crippen LogP contribution is 2.31. The number of nitrogens with zero attached hydrogens (tertiary/aromatic N) is 1. The van der Waals surface area contributed by atoms with Gasteiger partial charge < -0.3 is 10.1 Å². The van der Waals surface area contributed by atoms with Crippen LogP contribution in [0.2, 0.25) is 5.02 Å². The molecule has 4 rings (SSSR count). The van der Waals surface area contributed by atoms with Crippen LogP contribution in [-0.2, 0) is 21.4 Å². The molecule has 4 aromatic rings. The molecule has 8 heteroatoms. The second-order valence-electron chi connectivity index (χ2n) is 8.56. The smallest absolute Gasteiger partial charge is 0.264 e. The molecule has 0 spiro atoms. The van der Waals surface area contributed by atoms with Gasteiger partial charge >= 0.3 is 0 Å². The number of sulfonamides is 1. The number of halogens is 1. The van der Waals surface area contributed by atoms with Gasteiger partial charge in [-0.25, -0.2) is 8.42 Å². The van der Waals surface area contributed by atoms with E-state index in [2.05, 4.69) is 5.32 Å². The van der Waals surface area contributed by atoms with Crippen LogP contribution in [0.1, 0.15) is 16.7 Å². The first-order valence-corrected chi connectivity index (χ1v) is 13.5. The Balaban J connectivity index is 1.52. The van der Waals surface area contributed by atoms with E-state index in [1.54, 1.807) is 61.5 Å². The average molecular weight is 535 g/mol. The van der Waals surface area contributed by atoms with Crippen molar-refractivity contribution in [3.63, 3.8) is 0 Å². The van der Waals surface area contributed by atoms with E-state index in [-0.39, 0.29) is 4.90 Å². The van der Waals surface area contributed by atoms with Gasteiger partial charge in [0.1, 0.15) is 18.9 Å². The first-order chi connectivity index (χ1) is 17.7. The molecule has 0 saturated carbocycles. The maximum Gasteiger partial charge on any atom is 0.264 e. The van der Waals surface area contributed by atoms with Gasteiger partial charge in [0, 0.05) is 10.7 Å². The summed E-state index contributed by atoms with van der Waals surface area (Å²) in [6.45, 7) is 3.60. The van der Waals surface area contributed by atoms with Crippen molar-refractivity contribution in [1.82, 2.24) is 0 Å². The van der Waals surface area contributed by atoms with E-state index in [9.17, 15) is 13.2 Å². The zero-order chi connectivity index (χ0) is 26.4. The lowest BCUT2D eigenvalue weighted by Gasteiger charge is -2.26. The second kappa shape index (κ2) is 11.5. The Kier molecular flexibility index (Phi) is 8.16. The fraction of sp³-hybridized carbons (Fsp3) is 0.138. The molecule has 0 atom stereocenters. The Hall–Kier alpha value is -3.81. The minimum atomic E-state index is -4.04. The fourth-order valence-electron chi connectivity index (χ4n) is 3.71. The Morgan fingerprint density at radius 1 is 0.865 bits per heavy atom. The van der Waals surface area contributed by atoms with Crippen molar-refractivity contribution in [2.75, 3.05) is 16.2 Å². The molecule has 1 N–H and O–H groups in total. The molecule has 0 aliphatic carbocycles. The highest BCUT2D eigenvalue weighted by Gasteiger charge is 2.28. The quantitative estimate of drug-likeness (QED) is 0.271. The summed E-state index contributed by atoms with van der Waals surface area (Å²) in [7, 11) is -4.04. The number of ether oxygens (including phenoxy) is 1. The maximum absolute atomic E-state index is 13.6. The first kappa shape index (κ1) is 26.3. The largest absolute Gasteiger partial charge is 0.489 e. The molecule has 0 saturated heterocycles. The number of aryl methyl sites for hydroxylation is 1. The van der Waals surface area contributed by atoms with E-state index in [0.717, 1.165) is 15.4 Å². The number of nitrogens with one attached hydrogen (secondary N) is 1. The number of carbonyl (C=O) groups is 1. The predicted octanol–water partition coefficient (Wildman–Crippen LogP) is 6.37. The minimum Gasteiger partial charge on any atom is -0.489 e. The Morgan fingerprint density at radius 2 is 1.54 bits per heavy atom. The van der Waals surface area contributed by atoms with Gasteiger partial charge in [-0.2, -0.15) is 0 Å². The van der Waals surface area contributed by atoms with Crippen molar-refractivity contribution in [3.8, 4) is 5.75 Å². The van der Waals surface area contributed by atoms with Crippen LogP contribution in [0.15, 0.2) is 102 Å². The molecule has 0 aliphatic rings. The SMILES string of the molecule is Cc1ccc(S(=O)(=O)N(CC(=O)Nc2ccc(OCc3ccccc3)cc2)c2cccc(Cl)c2C)cc1. The van der Waals surface area contributed by atoms with Crippen LogP contribution in [0.25, 0.3) is 0 Å². The van der Waals surface area contributed by atoms with Crippen LogP contribution < -0.4 is 14.4 Å². The summed E-state index contributed by atoms with van der Waals surface area (Å²) in [5.41, 5.74) is 3.40. The number of hydrogen-bond acceptors (Lipinski definition) is 4. The van der Waals surface area contributed by atoms with E-state index < -0.39 is 22.5 Å². The topological polar surface area (TPSA) is 75.7 Å². The van der Waals surface area contributed by atoms with Gasteiger partial charge in [0.15, 0.2) is 0 Å². The maximum atomic E-state index is 13.6. The summed E-state index contributed by atoms with van der Waals surface area (Å²) in [6.07, 6.45) is 0. The van der Waals surface area contributed by atoms with E-state index in [4.69, 9.17) is 16.3 Å². The average Bonchev–Trinajstić information content (AvgIpc) is 2.89. The van der Waals surface area contributed by atoms with Gasteiger partial charge in [-0.15, -0.1) is 0 Å². The van der Waals surface area contributed by atoms with Crippen LogP contribution in [0.3, 0.4) is 0 Å². The van der Waals surface area contributed by atoms with Gasteiger partial charge in [-0.1, -0.05) is 65.7 Å². The highest BCUT2D eigenvalue weighted by atomic mass is 35.5. The molecule has 0 unspecified atom stereocenters. The normalized spacial score (nSPS) is 11.1. The molecular formula is C29H27ClN2O4S. The molecular weight excluding hydrogens is 508 g/mol. The molecule has 0 radical (unpaired) electrons. The molecule has 1 amide bonds. The molecule has 6 nitrogen and oxygen atoms in total. The predicted molar refractivity (Wildman–Crippen MR) is 148 cm³/mol. The van der Waals surface area contributed by atoms with Crippen molar-refractivity contribution >= 4 is 38.9 Å². The summed E-state index contributed by atoms with van der Waals surface area (Å²) >= 11 is 6.29. The zero-order valence-electron chi connectivity index (χ0n) is 20.5. The summed E-state index contributed by atoms with van der Waals surface area (Å²) < 4.78 is 34.1. The molecule has 190 valence electrons. The number of carbonyl (C=O) groups excluding carboxylic acids is 1. The summed E-state index contributed by atoms with van der Waals surface area (Å²) in [5, 5.41) is 3.19. The molecule has 0 bridgehead atoms. The van der Waals surface area contributed by atoms with Crippen LogP contribution in [0.4, 0.5) is 11.4 Å². The van der Waals surface area contributed by atoms with Crippen molar-refractivity contribution in [1.29, 1.82) is 0 Å². The number of hydrogen-bond donors (Lipinski definition) is 1. The monoisotopic (exact) mass is 534 g/mol. The summed E-state index contributed by atoms with van der Waals surface area (Å²) in [4.78, 5) is 13.1. The van der Waals surface area contributed by atoms with Gasteiger partial charge in [-0.05, 0) is 73.5 Å². The van der Waals surface area contributed by atoms with Crippen LogP contribution in [0.5, 0.6) is 5.75 Å². The minimum absolute atomic E-state index is 0.0881. The summed E-state index contributed by atoms with van der Waals surface area (Å²) in [6, 6.07) is 28.2. The molecule has 0 heterocycles. The van der Waals surface area contributed by atoms with E-state index in [1.807, 2.05) is 37.3 Å². The van der Waals surface area contributed by atoms with Crippen molar-refractivity contribution in [2.45, 2.75) is 25.3 Å². The molecule has 0 aliphatic heterocycles. The highest BCUT2D eigenvalue weighted by molar-refractivity contribution is 7.92. The van der Waals surface area contributed by atoms with E-state index in [0.29, 0.717) is 34.3 Å². The molecule has 37 heavy (non-hydrogen) atoms. The standard InChI is InChI=1S/C29H27ClN2O4S/c1-21-11-17-26(18-12-21)37(34,35)32(28-10-6-9-27(30)22(28)2)19-29(33)31-24-13-15-25(16-14-24)36-20-23-7-4-3-5-8-23/h3-18H,19-20H2,1-2H3,(H,31,33). The lowest BCUT2D eigenvalue weighted by Crippen LogP contribution is -2.38. The van der Waals surface area contributed by atoms with E-state index in [1.165, 1.54) is 12.1 Å². The van der Waals surface area contributed by atoms with Gasteiger partial charge in [0.2, 0.25) is 5.91 Å². The second-order valence-corrected chi connectivity index (χ2v) is 10.8. The van der Waals surface area contributed by atoms with Gasteiger partial charge in [0.25, 0.3) is 10.0 Å². The van der Waals surface area contributed by atoms with Crippen LogP contribution >= 0.6 is 11.6 Å². The summed E-state index contributed by atoms with van der Waals surface area (Å²) in [5.74, 6) is 0.160. The van der Waals surface area contributed by atoms with Crippen molar-refractivity contribution in [2.24, 2.45) is 0 Å². The lowest BCUT2D eigenvalue weighted by atomic mass is 10.2. The first-order valence-electron chi connectivity index (χ1n) is 11.7.